The number of imide groups is 1. The largest absolute Gasteiger partial charge is 0.388 e. The number of anilines is 1. The number of nitrogens with zero attached hydrogens (tertiary/aromatic N) is 5. The van der Waals surface area contributed by atoms with Crippen LogP contribution in [0.1, 0.15) is 39.8 Å². The number of aliphatic hydroxyl groups excluding tert-OH is 2. The molecule has 0 aliphatic carbocycles. The molecule has 1 aromatic carbocycles. The van der Waals surface area contributed by atoms with Crippen molar-refractivity contribution in [1.29, 1.82) is 0 Å². The molecule has 0 bridgehead atoms. The lowest BCUT2D eigenvalue weighted by Crippen LogP contribution is -2.36. The molecule has 1 fully saturated rings. The third-order valence-corrected chi connectivity index (χ3v) is 5.92. The zero-order valence-electron chi connectivity index (χ0n) is 17.2. The van der Waals surface area contributed by atoms with Crippen molar-refractivity contribution in [1.82, 2.24) is 24.4 Å². The SMILES string of the molecule is Nc1ncnc2c1ncn2[C@@H]1O[C@H](CCC(=O)CN2C(=O)c3ccccc3C2=O)C(O)[C@@H]1O. The van der Waals surface area contributed by atoms with Crippen LogP contribution < -0.4 is 5.73 Å². The molecule has 4 heterocycles. The van der Waals surface area contributed by atoms with Crippen LogP contribution in [0.3, 0.4) is 0 Å². The summed E-state index contributed by atoms with van der Waals surface area (Å²) in [7, 11) is 0. The number of fused-ring (bicyclic) bond motifs is 2. The lowest BCUT2D eigenvalue weighted by Gasteiger charge is -2.16. The Morgan fingerprint density at radius 1 is 1.06 bits per heavy atom. The van der Waals surface area contributed by atoms with Gasteiger partial charge in [-0.1, -0.05) is 12.1 Å². The highest BCUT2D eigenvalue weighted by molar-refractivity contribution is 6.22. The number of rotatable bonds is 6. The molecule has 1 unspecified atom stereocenters. The first-order valence-corrected chi connectivity index (χ1v) is 10.3. The van der Waals surface area contributed by atoms with Gasteiger partial charge in [0, 0.05) is 6.42 Å². The molecule has 12 nitrogen and oxygen atoms in total. The Kier molecular flexibility index (Phi) is 5.12. The summed E-state index contributed by atoms with van der Waals surface area (Å²) < 4.78 is 7.26. The van der Waals surface area contributed by atoms with Gasteiger partial charge in [-0.3, -0.25) is 23.9 Å². The molecule has 0 radical (unpaired) electrons. The van der Waals surface area contributed by atoms with E-state index in [0.29, 0.717) is 11.2 Å². The molecule has 2 aliphatic heterocycles. The van der Waals surface area contributed by atoms with Crippen molar-refractivity contribution in [2.75, 3.05) is 12.3 Å². The monoisotopic (exact) mass is 452 g/mol. The number of aliphatic hydroxyl groups is 2. The van der Waals surface area contributed by atoms with Gasteiger partial charge in [0.15, 0.2) is 23.5 Å². The third-order valence-electron chi connectivity index (χ3n) is 5.92. The van der Waals surface area contributed by atoms with Gasteiger partial charge in [-0.2, -0.15) is 0 Å². The van der Waals surface area contributed by atoms with E-state index in [0.717, 1.165) is 4.90 Å². The molecule has 2 amide bonds. The van der Waals surface area contributed by atoms with E-state index in [4.69, 9.17) is 10.5 Å². The minimum atomic E-state index is -1.30. The van der Waals surface area contributed by atoms with Gasteiger partial charge in [-0.05, 0) is 18.6 Å². The quantitative estimate of drug-likeness (QED) is 0.420. The maximum absolute atomic E-state index is 12.5. The number of ether oxygens (including phenoxy) is 1. The number of amides is 2. The standard InChI is InChI=1S/C21H20N6O6/c22-17-14-18(24-8-23-17)27(9-25-14)21-16(30)15(29)13(33-21)6-5-10(28)7-26-19(31)11-3-1-2-4-12(11)20(26)32/h1-4,8-9,13,15-16,21,29-30H,5-7H2,(H2,22,23,24)/t13-,15?,16+,21-/m1/s1. The molecule has 0 spiro atoms. The lowest BCUT2D eigenvalue weighted by molar-refractivity contribution is -0.120. The molecule has 0 saturated carbocycles. The van der Waals surface area contributed by atoms with Gasteiger partial charge >= 0.3 is 0 Å². The van der Waals surface area contributed by atoms with E-state index >= 15 is 0 Å². The predicted molar refractivity (Wildman–Crippen MR) is 112 cm³/mol. The van der Waals surface area contributed by atoms with Gasteiger partial charge in [-0.25, -0.2) is 15.0 Å². The second kappa shape index (κ2) is 7.99. The molecule has 12 heteroatoms. The van der Waals surface area contributed by atoms with E-state index in [1.807, 2.05) is 0 Å². The summed E-state index contributed by atoms with van der Waals surface area (Å²) in [6.07, 6.45) is -1.75. The van der Waals surface area contributed by atoms with Crippen molar-refractivity contribution in [2.24, 2.45) is 0 Å². The Balaban J connectivity index is 1.23. The van der Waals surface area contributed by atoms with Crippen LogP contribution in [0.25, 0.3) is 11.2 Å². The minimum Gasteiger partial charge on any atom is -0.388 e. The van der Waals surface area contributed by atoms with Crippen LogP contribution >= 0.6 is 0 Å². The number of nitrogens with two attached hydrogens (primary N) is 1. The molecule has 4 N–H and O–H groups in total. The summed E-state index contributed by atoms with van der Waals surface area (Å²) in [6.45, 7) is -0.372. The van der Waals surface area contributed by atoms with Crippen molar-refractivity contribution in [3.8, 4) is 0 Å². The number of aromatic nitrogens is 4. The van der Waals surface area contributed by atoms with Crippen molar-refractivity contribution in [3.63, 3.8) is 0 Å². The van der Waals surface area contributed by atoms with E-state index < -0.39 is 36.4 Å². The highest BCUT2D eigenvalue weighted by Crippen LogP contribution is 2.34. The number of carbonyl (C=O) groups excluding carboxylic acids is 3. The van der Waals surface area contributed by atoms with Gasteiger partial charge < -0.3 is 20.7 Å². The predicted octanol–water partition coefficient (Wildman–Crippen LogP) is -0.327. The first-order chi connectivity index (χ1) is 15.9. The number of carbonyl (C=O) groups is 3. The zero-order valence-corrected chi connectivity index (χ0v) is 17.2. The van der Waals surface area contributed by atoms with Crippen molar-refractivity contribution in [3.05, 3.63) is 48.0 Å². The fraction of sp³-hybridized carbons (Fsp3) is 0.333. The summed E-state index contributed by atoms with van der Waals surface area (Å²) in [6, 6.07) is 6.39. The number of imidazole rings is 1. The fourth-order valence-corrected chi connectivity index (χ4v) is 4.20. The number of hydrogen-bond acceptors (Lipinski definition) is 10. The second-order valence-corrected chi connectivity index (χ2v) is 7.95. The van der Waals surface area contributed by atoms with Gasteiger partial charge in [0.05, 0.1) is 30.1 Å². The average Bonchev–Trinajstić information content (AvgIpc) is 3.44. The van der Waals surface area contributed by atoms with Crippen LogP contribution in [0.4, 0.5) is 5.82 Å². The van der Waals surface area contributed by atoms with E-state index in [1.54, 1.807) is 24.3 Å². The fourth-order valence-electron chi connectivity index (χ4n) is 4.20. The van der Waals surface area contributed by atoms with Gasteiger partial charge in [0.25, 0.3) is 11.8 Å². The van der Waals surface area contributed by atoms with Crippen molar-refractivity contribution in [2.45, 2.75) is 37.4 Å². The maximum atomic E-state index is 12.5. The second-order valence-electron chi connectivity index (χ2n) is 7.95. The molecule has 1 saturated heterocycles. The summed E-state index contributed by atoms with van der Waals surface area (Å²) >= 11 is 0. The summed E-state index contributed by atoms with van der Waals surface area (Å²) in [4.78, 5) is 50.4. The van der Waals surface area contributed by atoms with Crippen LogP contribution in [-0.4, -0.2) is 77.1 Å². The third kappa shape index (κ3) is 3.44. The number of ketones is 1. The van der Waals surface area contributed by atoms with Crippen LogP contribution in [-0.2, 0) is 9.53 Å². The first-order valence-electron chi connectivity index (χ1n) is 10.3. The Bertz CT molecular complexity index is 1240. The van der Waals surface area contributed by atoms with Crippen molar-refractivity contribution >= 4 is 34.6 Å². The molecule has 33 heavy (non-hydrogen) atoms. The highest BCUT2D eigenvalue weighted by Gasteiger charge is 2.44. The lowest BCUT2D eigenvalue weighted by atomic mass is 10.0. The Labute approximate surface area is 186 Å². The molecule has 2 aromatic heterocycles. The number of Topliss-reactive ketones (excluding diaryl/α,β-unsaturated/α-hetero) is 1. The molecule has 170 valence electrons. The number of benzene rings is 1. The number of hydrogen-bond donors (Lipinski definition) is 3. The van der Waals surface area contributed by atoms with E-state index in [1.165, 1.54) is 17.2 Å². The van der Waals surface area contributed by atoms with Gasteiger partial charge in [-0.15, -0.1) is 0 Å². The molecule has 5 rings (SSSR count). The Hall–Kier alpha value is -3.74. The van der Waals surface area contributed by atoms with Crippen LogP contribution in [0.2, 0.25) is 0 Å². The van der Waals surface area contributed by atoms with E-state index in [9.17, 15) is 24.6 Å². The normalized spacial score (nSPS) is 24.6. The molecular formula is C21H20N6O6. The van der Waals surface area contributed by atoms with Crippen LogP contribution in [0.5, 0.6) is 0 Å². The molecular weight excluding hydrogens is 432 g/mol. The topological polar surface area (TPSA) is 174 Å². The summed E-state index contributed by atoms with van der Waals surface area (Å²) in [5, 5.41) is 21.0. The Morgan fingerprint density at radius 2 is 1.76 bits per heavy atom. The smallest absolute Gasteiger partial charge is 0.261 e. The molecule has 4 atom stereocenters. The average molecular weight is 452 g/mol. The maximum Gasteiger partial charge on any atom is 0.261 e. The first kappa shape index (κ1) is 21.1. The summed E-state index contributed by atoms with van der Waals surface area (Å²) in [5.74, 6) is -1.22. The highest BCUT2D eigenvalue weighted by atomic mass is 16.6. The van der Waals surface area contributed by atoms with Crippen LogP contribution in [0, 0.1) is 0 Å². The van der Waals surface area contributed by atoms with Gasteiger partial charge in [0.1, 0.15) is 24.1 Å². The van der Waals surface area contributed by atoms with Crippen molar-refractivity contribution < 1.29 is 29.3 Å². The summed E-state index contributed by atoms with van der Waals surface area (Å²) in [5.41, 5.74) is 7.00. The van der Waals surface area contributed by atoms with E-state index in [-0.39, 0.29) is 42.1 Å². The van der Waals surface area contributed by atoms with Crippen LogP contribution in [0.15, 0.2) is 36.9 Å². The molecule has 2 aliphatic rings. The Morgan fingerprint density at radius 3 is 2.45 bits per heavy atom. The molecule has 3 aromatic rings. The van der Waals surface area contributed by atoms with Gasteiger partial charge in [0.2, 0.25) is 0 Å². The number of nitrogen functional groups attached to an aromatic ring is 1. The minimum absolute atomic E-state index is 0.0611. The zero-order chi connectivity index (χ0) is 23.3. The van der Waals surface area contributed by atoms with E-state index in [2.05, 4.69) is 15.0 Å².